The van der Waals surface area contributed by atoms with Gasteiger partial charge in [0, 0.05) is 11.1 Å². The first kappa shape index (κ1) is 10.0. The molecule has 0 bridgehead atoms. The van der Waals surface area contributed by atoms with Gasteiger partial charge in [-0.05, 0) is 43.0 Å². The molecule has 0 spiro atoms. The summed E-state index contributed by atoms with van der Waals surface area (Å²) in [4.78, 5) is 0. The largest absolute Gasteiger partial charge is 0.310 e. The number of hydrogen-bond acceptors (Lipinski definition) is 1. The molecule has 1 aromatic rings. The number of halogens is 1. The van der Waals surface area contributed by atoms with Crippen molar-refractivity contribution in [1.29, 1.82) is 0 Å². The van der Waals surface area contributed by atoms with Crippen LogP contribution < -0.4 is 5.32 Å². The fraction of sp³-hybridized carbons (Fsp3) is 0.500. The van der Waals surface area contributed by atoms with Crippen LogP contribution in [0.15, 0.2) is 24.3 Å². The lowest BCUT2D eigenvalue weighted by molar-refractivity contribution is 0.496. The Morgan fingerprint density at radius 3 is 2.50 bits per heavy atom. The van der Waals surface area contributed by atoms with Crippen molar-refractivity contribution in [1.82, 2.24) is 5.32 Å². The van der Waals surface area contributed by atoms with Crippen molar-refractivity contribution < 1.29 is 0 Å². The van der Waals surface area contributed by atoms with Gasteiger partial charge >= 0.3 is 0 Å². The van der Waals surface area contributed by atoms with Crippen LogP contribution in [0.1, 0.15) is 31.4 Å². The fourth-order valence-electron chi connectivity index (χ4n) is 1.88. The molecule has 0 heterocycles. The van der Waals surface area contributed by atoms with E-state index in [-0.39, 0.29) is 0 Å². The summed E-state index contributed by atoms with van der Waals surface area (Å²) in [6.45, 7) is 3.19. The molecule has 1 aliphatic carbocycles. The summed E-state index contributed by atoms with van der Waals surface area (Å²) in [5.41, 5.74) is 1.37. The van der Waals surface area contributed by atoms with Crippen molar-refractivity contribution in [3.8, 4) is 0 Å². The van der Waals surface area contributed by atoms with E-state index < -0.39 is 0 Å². The summed E-state index contributed by atoms with van der Waals surface area (Å²) in [6, 6.07) is 8.76. The molecule has 2 rings (SSSR count). The zero-order valence-corrected chi connectivity index (χ0v) is 9.22. The maximum absolute atomic E-state index is 5.87. The number of nitrogens with one attached hydrogen (secondary N) is 1. The third-order valence-corrected chi connectivity index (χ3v) is 3.00. The van der Waals surface area contributed by atoms with E-state index in [1.165, 1.54) is 18.4 Å². The van der Waals surface area contributed by atoms with E-state index >= 15 is 0 Å². The molecule has 76 valence electrons. The smallest absolute Gasteiger partial charge is 0.0406 e. The van der Waals surface area contributed by atoms with Crippen molar-refractivity contribution in [2.45, 2.75) is 25.8 Å². The first-order chi connectivity index (χ1) is 6.81. The molecule has 0 aromatic heterocycles. The summed E-state index contributed by atoms with van der Waals surface area (Å²) < 4.78 is 0. The molecule has 0 radical (unpaired) electrons. The first-order valence-electron chi connectivity index (χ1n) is 5.30. The minimum atomic E-state index is 0.539. The highest BCUT2D eigenvalue weighted by molar-refractivity contribution is 6.30. The van der Waals surface area contributed by atoms with Crippen LogP contribution in [0.2, 0.25) is 5.02 Å². The molecule has 1 N–H and O–H groups in total. The molecule has 0 amide bonds. The lowest BCUT2D eigenvalue weighted by Gasteiger charge is -2.17. The van der Waals surface area contributed by atoms with E-state index in [0.29, 0.717) is 6.04 Å². The fourth-order valence-corrected chi connectivity index (χ4v) is 2.00. The van der Waals surface area contributed by atoms with Crippen LogP contribution in [0.5, 0.6) is 0 Å². The van der Waals surface area contributed by atoms with Gasteiger partial charge in [-0.2, -0.15) is 0 Å². The zero-order valence-electron chi connectivity index (χ0n) is 8.46. The van der Waals surface area contributed by atoms with Crippen molar-refractivity contribution in [3.63, 3.8) is 0 Å². The van der Waals surface area contributed by atoms with Crippen molar-refractivity contribution in [2.75, 3.05) is 6.54 Å². The van der Waals surface area contributed by atoms with Gasteiger partial charge in [0.25, 0.3) is 0 Å². The molecular formula is C12H16ClN. The molecule has 1 atom stereocenters. The highest BCUT2D eigenvalue weighted by atomic mass is 35.5. The third kappa shape index (κ3) is 2.28. The molecule has 0 saturated heterocycles. The van der Waals surface area contributed by atoms with Gasteiger partial charge in [-0.25, -0.2) is 0 Å². The molecule has 14 heavy (non-hydrogen) atoms. The number of hydrogen-bond donors (Lipinski definition) is 1. The maximum Gasteiger partial charge on any atom is 0.0406 e. The Balaban J connectivity index is 2.13. The van der Waals surface area contributed by atoms with E-state index in [1.54, 1.807) is 0 Å². The van der Waals surface area contributed by atoms with Gasteiger partial charge in [-0.1, -0.05) is 30.7 Å². The minimum absolute atomic E-state index is 0.539. The van der Waals surface area contributed by atoms with Gasteiger partial charge in [-0.15, -0.1) is 0 Å². The van der Waals surface area contributed by atoms with Gasteiger partial charge in [0.15, 0.2) is 0 Å². The molecule has 1 aromatic carbocycles. The highest BCUT2D eigenvalue weighted by Crippen LogP contribution is 2.40. The van der Waals surface area contributed by atoms with E-state index in [4.69, 9.17) is 11.6 Å². The Hall–Kier alpha value is -0.530. The average Bonchev–Trinajstić information content (AvgIpc) is 2.99. The molecule has 1 aliphatic rings. The van der Waals surface area contributed by atoms with Crippen LogP contribution in [0, 0.1) is 5.92 Å². The Morgan fingerprint density at radius 2 is 2.00 bits per heavy atom. The topological polar surface area (TPSA) is 12.0 Å². The summed E-state index contributed by atoms with van der Waals surface area (Å²) in [5, 5.41) is 4.36. The number of benzene rings is 1. The standard InChI is InChI=1S/C12H16ClN/c1-2-14-12(9-3-4-9)10-5-7-11(13)8-6-10/h5-9,12,14H,2-4H2,1H3/t12-/m1/s1. The Labute approximate surface area is 90.5 Å². The van der Waals surface area contributed by atoms with Crippen LogP contribution >= 0.6 is 11.6 Å². The minimum Gasteiger partial charge on any atom is -0.310 e. The second kappa shape index (κ2) is 4.33. The van der Waals surface area contributed by atoms with Gasteiger partial charge in [0.05, 0.1) is 0 Å². The monoisotopic (exact) mass is 209 g/mol. The van der Waals surface area contributed by atoms with Crippen LogP contribution in [-0.2, 0) is 0 Å². The summed E-state index contributed by atoms with van der Waals surface area (Å²) >= 11 is 5.87. The van der Waals surface area contributed by atoms with Gasteiger partial charge in [0.1, 0.15) is 0 Å². The SMILES string of the molecule is CCN[C@@H](c1ccc(Cl)cc1)C1CC1. The summed E-state index contributed by atoms with van der Waals surface area (Å²) in [6.07, 6.45) is 2.72. The first-order valence-corrected chi connectivity index (χ1v) is 5.68. The predicted molar refractivity (Wildman–Crippen MR) is 60.6 cm³/mol. The lowest BCUT2D eigenvalue weighted by Crippen LogP contribution is -2.22. The van der Waals surface area contributed by atoms with E-state index in [1.807, 2.05) is 12.1 Å². The summed E-state index contributed by atoms with van der Waals surface area (Å²) in [5.74, 6) is 0.844. The quantitative estimate of drug-likeness (QED) is 0.802. The maximum atomic E-state index is 5.87. The van der Waals surface area contributed by atoms with E-state index in [0.717, 1.165) is 17.5 Å². The normalized spacial score (nSPS) is 18.1. The van der Waals surface area contributed by atoms with E-state index in [9.17, 15) is 0 Å². The average molecular weight is 210 g/mol. The number of rotatable bonds is 4. The van der Waals surface area contributed by atoms with E-state index in [2.05, 4.69) is 24.4 Å². The molecule has 1 saturated carbocycles. The van der Waals surface area contributed by atoms with Crippen LogP contribution in [0.3, 0.4) is 0 Å². The third-order valence-electron chi connectivity index (χ3n) is 2.75. The van der Waals surface area contributed by atoms with Crippen molar-refractivity contribution >= 4 is 11.6 Å². The van der Waals surface area contributed by atoms with Gasteiger partial charge in [-0.3, -0.25) is 0 Å². The molecule has 1 fully saturated rings. The van der Waals surface area contributed by atoms with Crippen LogP contribution in [-0.4, -0.2) is 6.54 Å². The molecular weight excluding hydrogens is 194 g/mol. The second-order valence-corrected chi connectivity index (χ2v) is 4.36. The van der Waals surface area contributed by atoms with Crippen molar-refractivity contribution in [3.05, 3.63) is 34.9 Å². The molecule has 1 nitrogen and oxygen atoms in total. The lowest BCUT2D eigenvalue weighted by atomic mass is 10.0. The Bertz CT molecular complexity index is 290. The molecule has 0 aliphatic heterocycles. The molecule has 0 unspecified atom stereocenters. The zero-order chi connectivity index (χ0) is 9.97. The van der Waals surface area contributed by atoms with Crippen molar-refractivity contribution in [2.24, 2.45) is 5.92 Å². The summed E-state index contributed by atoms with van der Waals surface area (Å²) in [7, 11) is 0. The van der Waals surface area contributed by atoms with Gasteiger partial charge < -0.3 is 5.32 Å². The Morgan fingerprint density at radius 1 is 1.36 bits per heavy atom. The Kier molecular flexibility index (Phi) is 3.09. The van der Waals surface area contributed by atoms with Gasteiger partial charge in [0.2, 0.25) is 0 Å². The van der Waals surface area contributed by atoms with Crippen LogP contribution in [0.4, 0.5) is 0 Å². The van der Waals surface area contributed by atoms with Crippen LogP contribution in [0.25, 0.3) is 0 Å². The second-order valence-electron chi connectivity index (χ2n) is 3.92. The molecule has 2 heteroatoms. The highest BCUT2D eigenvalue weighted by Gasteiger charge is 2.31. The predicted octanol–water partition coefficient (Wildman–Crippen LogP) is 3.40.